The van der Waals surface area contributed by atoms with Crippen molar-refractivity contribution in [2.24, 2.45) is 5.92 Å². The molecule has 0 aromatic rings. The van der Waals surface area contributed by atoms with Crippen molar-refractivity contribution in [3.63, 3.8) is 0 Å². The van der Waals surface area contributed by atoms with E-state index < -0.39 is 23.0 Å². The second kappa shape index (κ2) is 5.16. The van der Waals surface area contributed by atoms with E-state index in [-0.39, 0.29) is 12.3 Å². The van der Waals surface area contributed by atoms with E-state index in [2.05, 4.69) is 0 Å². The zero-order valence-corrected chi connectivity index (χ0v) is 9.66. The highest BCUT2D eigenvalue weighted by Crippen LogP contribution is 2.17. The van der Waals surface area contributed by atoms with Gasteiger partial charge in [0.2, 0.25) is 5.60 Å². The van der Waals surface area contributed by atoms with Gasteiger partial charge in [0, 0.05) is 6.42 Å². The fourth-order valence-corrected chi connectivity index (χ4v) is 1.25. The molecule has 0 bridgehead atoms. The highest BCUT2D eigenvalue weighted by Gasteiger charge is 2.45. The lowest BCUT2D eigenvalue weighted by Gasteiger charge is -2.21. The van der Waals surface area contributed by atoms with Crippen molar-refractivity contribution >= 4 is 17.3 Å². The van der Waals surface area contributed by atoms with Gasteiger partial charge in [-0.2, -0.15) is 0 Å². The molecular weight excluding hydrogens is 196 g/mol. The first-order valence-corrected chi connectivity index (χ1v) is 5.04. The molecule has 0 aliphatic carbocycles. The summed E-state index contributed by atoms with van der Waals surface area (Å²) in [7, 11) is 0. The van der Waals surface area contributed by atoms with E-state index in [0.29, 0.717) is 0 Å². The largest absolute Gasteiger partial charge is 0.369 e. The van der Waals surface area contributed by atoms with Gasteiger partial charge in [0.1, 0.15) is 0 Å². The van der Waals surface area contributed by atoms with Crippen LogP contribution in [0.1, 0.15) is 40.5 Å². The molecule has 0 spiro atoms. The second-order valence-electron chi connectivity index (χ2n) is 3.96. The summed E-state index contributed by atoms with van der Waals surface area (Å²) in [6.07, 6.45) is 0.809. The van der Waals surface area contributed by atoms with Gasteiger partial charge < -0.3 is 5.11 Å². The predicted octanol–water partition coefficient (Wildman–Crippen LogP) is 0.901. The fourth-order valence-electron chi connectivity index (χ4n) is 1.25. The molecule has 15 heavy (non-hydrogen) atoms. The van der Waals surface area contributed by atoms with Crippen LogP contribution in [0.25, 0.3) is 0 Å². The van der Waals surface area contributed by atoms with Crippen molar-refractivity contribution in [1.82, 2.24) is 0 Å². The van der Waals surface area contributed by atoms with Gasteiger partial charge in [-0.3, -0.25) is 14.4 Å². The van der Waals surface area contributed by atoms with Crippen molar-refractivity contribution in [3.05, 3.63) is 0 Å². The number of Topliss-reactive ketones (excluding diaryl/α,β-unsaturated/α-hetero) is 3. The first-order chi connectivity index (χ1) is 6.76. The number of carbonyl (C=O) groups excluding carboxylic acids is 3. The molecule has 0 radical (unpaired) electrons. The van der Waals surface area contributed by atoms with Crippen molar-refractivity contribution in [1.29, 1.82) is 0 Å². The van der Waals surface area contributed by atoms with Crippen LogP contribution in [0.4, 0.5) is 0 Å². The Kier molecular flexibility index (Phi) is 4.81. The Labute approximate surface area is 89.7 Å². The average molecular weight is 214 g/mol. The van der Waals surface area contributed by atoms with E-state index in [1.165, 1.54) is 0 Å². The Morgan fingerprint density at radius 1 is 1.20 bits per heavy atom. The van der Waals surface area contributed by atoms with Crippen molar-refractivity contribution in [3.8, 4) is 0 Å². The minimum atomic E-state index is -2.43. The first kappa shape index (κ1) is 14.0. The van der Waals surface area contributed by atoms with Crippen LogP contribution in [0.3, 0.4) is 0 Å². The summed E-state index contributed by atoms with van der Waals surface area (Å²) in [6.45, 7) is 5.84. The highest BCUT2D eigenvalue weighted by molar-refractivity contribution is 6.26. The van der Waals surface area contributed by atoms with Crippen LogP contribution in [0, 0.1) is 5.92 Å². The summed E-state index contributed by atoms with van der Waals surface area (Å²) >= 11 is 0. The SMILES string of the molecule is CCC(C)CC(=O)C(O)(C(C)=O)C(C)=O. The number of carbonyl (C=O) groups is 3. The monoisotopic (exact) mass is 214 g/mol. The molecule has 0 amide bonds. The van der Waals surface area contributed by atoms with Gasteiger partial charge in [0.05, 0.1) is 0 Å². The van der Waals surface area contributed by atoms with Gasteiger partial charge in [-0.1, -0.05) is 20.3 Å². The Morgan fingerprint density at radius 3 is 1.87 bits per heavy atom. The predicted molar refractivity (Wildman–Crippen MR) is 55.4 cm³/mol. The van der Waals surface area contributed by atoms with Crippen LogP contribution in [0.2, 0.25) is 0 Å². The van der Waals surface area contributed by atoms with Crippen LogP contribution >= 0.6 is 0 Å². The third-order valence-electron chi connectivity index (χ3n) is 2.65. The summed E-state index contributed by atoms with van der Waals surface area (Å²) in [5.74, 6) is -2.24. The second-order valence-corrected chi connectivity index (χ2v) is 3.96. The topological polar surface area (TPSA) is 71.4 Å². The van der Waals surface area contributed by atoms with E-state index in [1.54, 1.807) is 0 Å². The lowest BCUT2D eigenvalue weighted by Crippen LogP contribution is -2.51. The smallest absolute Gasteiger partial charge is 0.239 e. The van der Waals surface area contributed by atoms with Gasteiger partial charge >= 0.3 is 0 Å². The van der Waals surface area contributed by atoms with Gasteiger partial charge in [0.25, 0.3) is 0 Å². The van der Waals surface area contributed by atoms with Crippen LogP contribution in [-0.2, 0) is 14.4 Å². The zero-order chi connectivity index (χ0) is 12.2. The summed E-state index contributed by atoms with van der Waals surface area (Å²) < 4.78 is 0. The molecule has 86 valence electrons. The van der Waals surface area contributed by atoms with E-state index in [1.807, 2.05) is 13.8 Å². The molecule has 0 aromatic carbocycles. The molecule has 0 aromatic heterocycles. The van der Waals surface area contributed by atoms with Gasteiger partial charge in [-0.25, -0.2) is 0 Å². The molecule has 1 atom stereocenters. The van der Waals surface area contributed by atoms with Crippen LogP contribution in [0.15, 0.2) is 0 Å². The van der Waals surface area contributed by atoms with Crippen LogP contribution < -0.4 is 0 Å². The summed E-state index contributed by atoms with van der Waals surface area (Å²) in [5.41, 5.74) is -2.43. The van der Waals surface area contributed by atoms with Crippen LogP contribution in [0.5, 0.6) is 0 Å². The molecule has 4 heteroatoms. The lowest BCUT2D eigenvalue weighted by atomic mass is 9.85. The summed E-state index contributed by atoms with van der Waals surface area (Å²) in [4.78, 5) is 33.9. The van der Waals surface area contributed by atoms with Crippen molar-refractivity contribution < 1.29 is 19.5 Å². The third kappa shape index (κ3) is 2.96. The maximum absolute atomic E-state index is 11.6. The molecule has 0 heterocycles. The molecule has 0 saturated heterocycles. The first-order valence-electron chi connectivity index (χ1n) is 5.04. The Morgan fingerprint density at radius 2 is 1.60 bits per heavy atom. The molecule has 0 fully saturated rings. The van der Waals surface area contributed by atoms with E-state index in [4.69, 9.17) is 0 Å². The molecule has 1 N–H and O–H groups in total. The lowest BCUT2D eigenvalue weighted by molar-refractivity contribution is -0.157. The molecule has 0 aliphatic rings. The van der Waals surface area contributed by atoms with Crippen molar-refractivity contribution in [2.45, 2.75) is 46.1 Å². The van der Waals surface area contributed by atoms with E-state index >= 15 is 0 Å². The molecule has 0 aliphatic heterocycles. The van der Waals surface area contributed by atoms with E-state index in [9.17, 15) is 19.5 Å². The quantitative estimate of drug-likeness (QED) is 0.667. The number of hydrogen-bond donors (Lipinski definition) is 1. The van der Waals surface area contributed by atoms with Crippen molar-refractivity contribution in [2.75, 3.05) is 0 Å². The Bertz CT molecular complexity index is 266. The molecular formula is C11H18O4. The number of aliphatic hydroxyl groups is 1. The molecule has 0 saturated carbocycles. The summed E-state index contributed by atoms with van der Waals surface area (Å²) in [5, 5.41) is 9.73. The molecule has 1 unspecified atom stereocenters. The minimum absolute atomic E-state index is 0.0478. The minimum Gasteiger partial charge on any atom is -0.369 e. The van der Waals surface area contributed by atoms with Gasteiger partial charge in [-0.05, 0) is 19.8 Å². The van der Waals surface area contributed by atoms with Crippen LogP contribution in [-0.4, -0.2) is 28.1 Å². The standard InChI is InChI=1S/C11H18O4/c1-5-7(2)6-10(14)11(15,8(3)12)9(4)13/h7,15H,5-6H2,1-4H3. The molecule has 4 nitrogen and oxygen atoms in total. The summed E-state index contributed by atoms with van der Waals surface area (Å²) in [6, 6.07) is 0. The highest BCUT2D eigenvalue weighted by atomic mass is 16.3. The zero-order valence-electron chi connectivity index (χ0n) is 9.66. The van der Waals surface area contributed by atoms with E-state index in [0.717, 1.165) is 20.3 Å². The van der Waals surface area contributed by atoms with Gasteiger partial charge in [-0.15, -0.1) is 0 Å². The maximum atomic E-state index is 11.6. The number of rotatable bonds is 6. The number of ketones is 3. The Hall–Kier alpha value is -1.03. The van der Waals surface area contributed by atoms with Gasteiger partial charge in [0.15, 0.2) is 17.3 Å². The number of hydrogen-bond acceptors (Lipinski definition) is 4. The fraction of sp³-hybridized carbons (Fsp3) is 0.727. The third-order valence-corrected chi connectivity index (χ3v) is 2.65. The Balaban J connectivity index is 4.88. The normalized spacial score (nSPS) is 13.4. The average Bonchev–Trinajstić information content (AvgIpc) is 2.15. The molecule has 0 rings (SSSR count). The maximum Gasteiger partial charge on any atom is 0.239 e.